The maximum atomic E-state index is 6.21. The summed E-state index contributed by atoms with van der Waals surface area (Å²) in [5.41, 5.74) is 1.85. The third-order valence-corrected chi connectivity index (χ3v) is 4.21. The van der Waals surface area contributed by atoms with Gasteiger partial charge in [-0.25, -0.2) is 9.97 Å². The third kappa shape index (κ3) is 4.77. The van der Waals surface area contributed by atoms with Crippen LogP contribution in [0.5, 0.6) is 5.75 Å². The van der Waals surface area contributed by atoms with Crippen LogP contribution < -0.4 is 15.4 Å². The monoisotopic (exact) mass is 388 g/mol. The van der Waals surface area contributed by atoms with E-state index >= 15 is 0 Å². The van der Waals surface area contributed by atoms with Gasteiger partial charge in [-0.1, -0.05) is 35.3 Å². The molecule has 0 amide bonds. The fourth-order valence-corrected chi connectivity index (χ4v) is 2.84. The van der Waals surface area contributed by atoms with E-state index in [-0.39, 0.29) is 0 Å². The second-order valence-electron chi connectivity index (χ2n) is 5.64. The molecule has 0 aliphatic carbocycles. The Morgan fingerprint density at radius 1 is 0.962 bits per heavy atom. The van der Waals surface area contributed by atoms with Crippen LogP contribution in [0, 0.1) is 6.92 Å². The summed E-state index contributed by atoms with van der Waals surface area (Å²) in [4.78, 5) is 8.82. The first-order valence-electron chi connectivity index (χ1n) is 7.98. The number of aromatic nitrogens is 2. The molecule has 7 heteroatoms. The zero-order chi connectivity index (χ0) is 18.5. The highest BCUT2D eigenvalue weighted by Gasteiger charge is 2.06. The van der Waals surface area contributed by atoms with Crippen molar-refractivity contribution in [2.75, 3.05) is 17.7 Å². The largest absolute Gasteiger partial charge is 0.497 e. The van der Waals surface area contributed by atoms with Crippen LogP contribution in [0.2, 0.25) is 10.0 Å². The minimum atomic E-state index is 0.529. The van der Waals surface area contributed by atoms with Crippen molar-refractivity contribution in [1.82, 2.24) is 9.97 Å². The molecule has 3 aromatic rings. The SMILES string of the molecule is COc1ccc(CNc2cc(Nc3ccc(Cl)cc3Cl)nc(C)n2)cc1. The number of anilines is 3. The van der Waals surface area contributed by atoms with Gasteiger partial charge in [-0.3, -0.25) is 0 Å². The number of rotatable bonds is 6. The van der Waals surface area contributed by atoms with Crippen LogP contribution in [0.3, 0.4) is 0 Å². The second-order valence-corrected chi connectivity index (χ2v) is 6.48. The summed E-state index contributed by atoms with van der Waals surface area (Å²) in [6.45, 7) is 2.48. The Morgan fingerprint density at radius 2 is 1.69 bits per heavy atom. The maximum absolute atomic E-state index is 6.21. The molecule has 134 valence electrons. The molecular weight excluding hydrogens is 371 g/mol. The van der Waals surface area contributed by atoms with Crippen molar-refractivity contribution in [3.8, 4) is 5.75 Å². The minimum absolute atomic E-state index is 0.529. The van der Waals surface area contributed by atoms with Gasteiger partial charge in [0.1, 0.15) is 23.2 Å². The number of aryl methyl sites for hydroxylation is 1. The molecule has 0 unspecified atom stereocenters. The Labute approximate surface area is 162 Å². The number of methoxy groups -OCH3 is 1. The number of nitrogens with zero attached hydrogens (tertiary/aromatic N) is 2. The maximum Gasteiger partial charge on any atom is 0.136 e. The molecule has 0 fully saturated rings. The summed E-state index contributed by atoms with van der Waals surface area (Å²) < 4.78 is 5.17. The molecule has 0 aliphatic heterocycles. The van der Waals surface area contributed by atoms with Crippen LogP contribution in [0.25, 0.3) is 0 Å². The highest BCUT2D eigenvalue weighted by atomic mass is 35.5. The minimum Gasteiger partial charge on any atom is -0.497 e. The molecule has 1 heterocycles. The van der Waals surface area contributed by atoms with Crippen LogP contribution in [0.4, 0.5) is 17.3 Å². The van der Waals surface area contributed by atoms with E-state index in [4.69, 9.17) is 27.9 Å². The lowest BCUT2D eigenvalue weighted by Gasteiger charge is -2.11. The molecule has 0 bridgehead atoms. The van der Waals surface area contributed by atoms with E-state index in [2.05, 4.69) is 20.6 Å². The zero-order valence-corrected chi connectivity index (χ0v) is 15.9. The fraction of sp³-hybridized carbons (Fsp3) is 0.158. The van der Waals surface area contributed by atoms with Gasteiger partial charge in [0.25, 0.3) is 0 Å². The number of nitrogens with one attached hydrogen (secondary N) is 2. The van der Waals surface area contributed by atoms with Crippen molar-refractivity contribution >= 4 is 40.5 Å². The van der Waals surface area contributed by atoms with Crippen LogP contribution >= 0.6 is 23.2 Å². The van der Waals surface area contributed by atoms with Crippen molar-refractivity contribution in [3.05, 3.63) is 70.0 Å². The van der Waals surface area contributed by atoms with E-state index in [0.717, 1.165) is 22.8 Å². The molecule has 0 atom stereocenters. The molecule has 0 aliphatic rings. The molecule has 2 N–H and O–H groups in total. The Morgan fingerprint density at radius 3 is 2.38 bits per heavy atom. The summed E-state index contributed by atoms with van der Waals surface area (Å²) in [5, 5.41) is 7.61. The highest BCUT2D eigenvalue weighted by Crippen LogP contribution is 2.28. The van der Waals surface area contributed by atoms with E-state index in [0.29, 0.717) is 28.2 Å². The van der Waals surface area contributed by atoms with Crippen molar-refractivity contribution in [1.29, 1.82) is 0 Å². The molecular formula is C19H18Cl2N4O. The molecule has 5 nitrogen and oxygen atoms in total. The van der Waals surface area contributed by atoms with Crippen LogP contribution in [-0.2, 0) is 6.54 Å². The van der Waals surface area contributed by atoms with Gasteiger partial charge in [0.05, 0.1) is 17.8 Å². The number of halogens is 2. The van der Waals surface area contributed by atoms with E-state index in [1.807, 2.05) is 43.3 Å². The summed E-state index contributed by atoms with van der Waals surface area (Å²) in [5.74, 6) is 2.86. The number of ether oxygens (including phenoxy) is 1. The molecule has 0 saturated heterocycles. The first kappa shape index (κ1) is 18.3. The quantitative estimate of drug-likeness (QED) is 0.587. The first-order valence-corrected chi connectivity index (χ1v) is 8.73. The molecule has 3 rings (SSSR count). The predicted octanol–water partition coefficient (Wildman–Crippen LogP) is 5.46. The van der Waals surface area contributed by atoms with Gasteiger partial charge in [-0.15, -0.1) is 0 Å². The Hall–Kier alpha value is -2.50. The number of benzene rings is 2. The molecule has 0 radical (unpaired) electrons. The van der Waals surface area contributed by atoms with Gasteiger partial charge in [0.15, 0.2) is 0 Å². The van der Waals surface area contributed by atoms with Crippen molar-refractivity contribution in [2.24, 2.45) is 0 Å². The van der Waals surface area contributed by atoms with Crippen LogP contribution in [0.1, 0.15) is 11.4 Å². The van der Waals surface area contributed by atoms with Crippen molar-refractivity contribution in [2.45, 2.75) is 13.5 Å². The average Bonchev–Trinajstić information content (AvgIpc) is 2.62. The first-order chi connectivity index (χ1) is 12.5. The van der Waals surface area contributed by atoms with E-state index < -0.39 is 0 Å². The van der Waals surface area contributed by atoms with Crippen molar-refractivity contribution in [3.63, 3.8) is 0 Å². The van der Waals surface area contributed by atoms with E-state index in [9.17, 15) is 0 Å². The van der Waals surface area contributed by atoms with Crippen LogP contribution in [0.15, 0.2) is 48.5 Å². The Bertz CT molecular complexity index is 901. The van der Waals surface area contributed by atoms with Crippen LogP contribution in [-0.4, -0.2) is 17.1 Å². The van der Waals surface area contributed by atoms with E-state index in [1.54, 1.807) is 19.2 Å². The van der Waals surface area contributed by atoms with Gasteiger partial charge in [0.2, 0.25) is 0 Å². The van der Waals surface area contributed by atoms with Crippen molar-refractivity contribution < 1.29 is 4.74 Å². The van der Waals surface area contributed by atoms with Gasteiger partial charge in [-0.05, 0) is 42.8 Å². The topological polar surface area (TPSA) is 59.1 Å². The Kier molecular flexibility index (Phi) is 5.81. The molecule has 0 spiro atoms. The lowest BCUT2D eigenvalue weighted by atomic mass is 10.2. The Balaban J connectivity index is 1.72. The normalized spacial score (nSPS) is 10.5. The lowest BCUT2D eigenvalue weighted by molar-refractivity contribution is 0.414. The molecule has 0 saturated carbocycles. The number of hydrogen-bond donors (Lipinski definition) is 2. The van der Waals surface area contributed by atoms with Gasteiger partial charge in [-0.2, -0.15) is 0 Å². The zero-order valence-electron chi connectivity index (χ0n) is 14.4. The highest BCUT2D eigenvalue weighted by molar-refractivity contribution is 6.36. The van der Waals surface area contributed by atoms with Gasteiger partial charge < -0.3 is 15.4 Å². The third-order valence-electron chi connectivity index (χ3n) is 3.66. The predicted molar refractivity (Wildman–Crippen MR) is 107 cm³/mol. The summed E-state index contributed by atoms with van der Waals surface area (Å²) in [6, 6.07) is 15.0. The molecule has 26 heavy (non-hydrogen) atoms. The lowest BCUT2D eigenvalue weighted by Crippen LogP contribution is -2.05. The standard InChI is InChI=1S/C19H18Cl2N4O/c1-12-23-18(22-11-13-3-6-15(26-2)7-4-13)10-19(24-12)25-17-8-5-14(20)9-16(17)21/h3-10H,11H2,1-2H3,(H2,22,23,24,25). The summed E-state index contributed by atoms with van der Waals surface area (Å²) >= 11 is 12.1. The smallest absolute Gasteiger partial charge is 0.136 e. The van der Waals surface area contributed by atoms with E-state index in [1.165, 1.54) is 0 Å². The summed E-state index contributed by atoms with van der Waals surface area (Å²) in [6.07, 6.45) is 0. The second kappa shape index (κ2) is 8.25. The van der Waals surface area contributed by atoms with Gasteiger partial charge in [0, 0.05) is 17.6 Å². The average molecular weight is 389 g/mol. The molecule has 2 aromatic carbocycles. The summed E-state index contributed by atoms with van der Waals surface area (Å²) in [7, 11) is 1.65. The molecule has 1 aromatic heterocycles. The fourth-order valence-electron chi connectivity index (χ4n) is 2.39. The van der Waals surface area contributed by atoms with Gasteiger partial charge >= 0.3 is 0 Å². The number of hydrogen-bond acceptors (Lipinski definition) is 5.